The first kappa shape index (κ1) is 20.2. The van der Waals surface area contributed by atoms with Gasteiger partial charge in [0.1, 0.15) is 5.75 Å². The highest BCUT2D eigenvalue weighted by molar-refractivity contribution is 5.84. The molecule has 148 valence electrons. The molecule has 0 aliphatic heterocycles. The SMILES string of the molecule is CCCCCC1CCC(Oc2ccc3cc([C@@](C)(N)CO)ccc3c2)CC1. The highest BCUT2D eigenvalue weighted by atomic mass is 16.5. The van der Waals surface area contributed by atoms with Crippen LogP contribution in [0.25, 0.3) is 10.8 Å². The number of ether oxygens (including phenoxy) is 1. The molecule has 0 heterocycles. The fraction of sp³-hybridized carbons (Fsp3) is 0.583. The Kier molecular flexibility index (Phi) is 6.78. The Morgan fingerprint density at radius 1 is 1.04 bits per heavy atom. The van der Waals surface area contributed by atoms with E-state index >= 15 is 0 Å². The molecule has 2 aromatic carbocycles. The van der Waals surface area contributed by atoms with Crippen LogP contribution in [-0.2, 0) is 5.54 Å². The zero-order valence-corrected chi connectivity index (χ0v) is 16.9. The molecule has 0 amide bonds. The zero-order valence-electron chi connectivity index (χ0n) is 16.9. The molecule has 0 saturated heterocycles. The summed E-state index contributed by atoms with van der Waals surface area (Å²) in [6, 6.07) is 12.4. The van der Waals surface area contributed by atoms with Crippen molar-refractivity contribution in [3.63, 3.8) is 0 Å². The van der Waals surface area contributed by atoms with Crippen LogP contribution in [0.15, 0.2) is 36.4 Å². The van der Waals surface area contributed by atoms with Crippen molar-refractivity contribution in [1.29, 1.82) is 0 Å². The van der Waals surface area contributed by atoms with E-state index < -0.39 is 5.54 Å². The number of fused-ring (bicyclic) bond motifs is 1. The lowest BCUT2D eigenvalue weighted by Gasteiger charge is -2.29. The van der Waals surface area contributed by atoms with Gasteiger partial charge in [0.2, 0.25) is 0 Å². The number of aliphatic hydroxyl groups excluding tert-OH is 1. The molecule has 1 fully saturated rings. The number of aliphatic hydroxyl groups is 1. The molecule has 3 heteroatoms. The quantitative estimate of drug-likeness (QED) is 0.602. The lowest BCUT2D eigenvalue weighted by atomic mass is 9.84. The normalized spacial score (nSPS) is 22.5. The van der Waals surface area contributed by atoms with E-state index in [1.54, 1.807) is 0 Å². The number of unbranched alkanes of at least 4 members (excludes halogenated alkanes) is 2. The number of hydrogen-bond acceptors (Lipinski definition) is 3. The van der Waals surface area contributed by atoms with Crippen molar-refractivity contribution in [3.05, 3.63) is 42.0 Å². The summed E-state index contributed by atoms with van der Waals surface area (Å²) in [6.45, 7) is 4.06. The average Bonchev–Trinajstić information content (AvgIpc) is 2.69. The van der Waals surface area contributed by atoms with Crippen LogP contribution in [0, 0.1) is 5.92 Å². The summed E-state index contributed by atoms with van der Waals surface area (Å²) in [6.07, 6.45) is 10.8. The van der Waals surface area contributed by atoms with Gasteiger partial charge in [0.25, 0.3) is 0 Å². The molecule has 2 aromatic rings. The summed E-state index contributed by atoms with van der Waals surface area (Å²) in [4.78, 5) is 0. The van der Waals surface area contributed by atoms with E-state index in [1.807, 2.05) is 13.0 Å². The molecule has 0 aromatic heterocycles. The van der Waals surface area contributed by atoms with Gasteiger partial charge in [0.05, 0.1) is 18.2 Å². The molecule has 0 radical (unpaired) electrons. The van der Waals surface area contributed by atoms with Gasteiger partial charge < -0.3 is 15.6 Å². The Morgan fingerprint density at radius 3 is 2.44 bits per heavy atom. The van der Waals surface area contributed by atoms with Crippen LogP contribution in [0.1, 0.15) is 70.8 Å². The number of rotatable bonds is 8. The van der Waals surface area contributed by atoms with Crippen molar-refractivity contribution in [2.45, 2.75) is 76.9 Å². The molecule has 27 heavy (non-hydrogen) atoms. The summed E-state index contributed by atoms with van der Waals surface area (Å²) in [7, 11) is 0. The van der Waals surface area contributed by atoms with Crippen molar-refractivity contribution in [1.82, 2.24) is 0 Å². The molecular weight excluding hydrogens is 334 g/mol. The van der Waals surface area contributed by atoms with Crippen molar-refractivity contribution >= 4 is 10.8 Å². The van der Waals surface area contributed by atoms with E-state index in [9.17, 15) is 5.11 Å². The number of benzene rings is 2. The molecular formula is C24H35NO2. The highest BCUT2D eigenvalue weighted by Crippen LogP contribution is 2.32. The smallest absolute Gasteiger partial charge is 0.120 e. The second kappa shape index (κ2) is 9.07. The Labute approximate surface area is 163 Å². The van der Waals surface area contributed by atoms with Crippen molar-refractivity contribution in [3.8, 4) is 5.75 Å². The summed E-state index contributed by atoms with van der Waals surface area (Å²) in [5.74, 6) is 1.87. The minimum Gasteiger partial charge on any atom is -0.490 e. The standard InChI is InChI=1S/C24H35NO2/c1-3-4-5-6-18-7-12-22(13-8-18)27-23-14-10-19-15-21(24(2,25)17-26)11-9-20(19)16-23/h9-11,14-16,18,22,26H,3-8,12-13,17,25H2,1-2H3/t18?,22?,24-/m0/s1. The third-order valence-corrected chi connectivity index (χ3v) is 6.11. The van der Waals surface area contributed by atoms with Crippen LogP contribution in [0.5, 0.6) is 5.75 Å². The maximum atomic E-state index is 9.48. The van der Waals surface area contributed by atoms with Crippen molar-refractivity contribution < 1.29 is 9.84 Å². The van der Waals surface area contributed by atoms with Gasteiger partial charge in [-0.05, 0) is 73.1 Å². The predicted molar refractivity (Wildman–Crippen MR) is 113 cm³/mol. The predicted octanol–water partition coefficient (Wildman–Crippen LogP) is 5.52. The zero-order chi connectivity index (χ0) is 19.3. The summed E-state index contributed by atoms with van der Waals surface area (Å²) in [5, 5.41) is 11.8. The van der Waals surface area contributed by atoms with Gasteiger partial charge >= 0.3 is 0 Å². The first-order valence-corrected chi connectivity index (χ1v) is 10.6. The Balaban J connectivity index is 1.59. The van der Waals surface area contributed by atoms with Crippen LogP contribution in [0.2, 0.25) is 0 Å². The van der Waals surface area contributed by atoms with Crippen molar-refractivity contribution in [2.75, 3.05) is 6.61 Å². The second-order valence-electron chi connectivity index (χ2n) is 8.56. The van der Waals surface area contributed by atoms with Gasteiger partial charge in [-0.1, -0.05) is 50.8 Å². The second-order valence-corrected chi connectivity index (χ2v) is 8.56. The van der Waals surface area contributed by atoms with E-state index in [-0.39, 0.29) is 6.61 Å². The van der Waals surface area contributed by atoms with Crippen LogP contribution >= 0.6 is 0 Å². The third-order valence-electron chi connectivity index (χ3n) is 6.11. The van der Waals surface area contributed by atoms with E-state index in [0.29, 0.717) is 6.10 Å². The van der Waals surface area contributed by atoms with Gasteiger partial charge in [-0.25, -0.2) is 0 Å². The van der Waals surface area contributed by atoms with Gasteiger partial charge in [0.15, 0.2) is 0 Å². The van der Waals surface area contributed by atoms with Gasteiger partial charge in [-0.3, -0.25) is 0 Å². The molecule has 1 atom stereocenters. The minimum absolute atomic E-state index is 0.0686. The average molecular weight is 370 g/mol. The Morgan fingerprint density at radius 2 is 1.74 bits per heavy atom. The lowest BCUT2D eigenvalue weighted by molar-refractivity contribution is 0.128. The first-order valence-electron chi connectivity index (χ1n) is 10.6. The van der Waals surface area contributed by atoms with Gasteiger partial charge in [-0.2, -0.15) is 0 Å². The summed E-state index contributed by atoms with van der Waals surface area (Å²) in [5.41, 5.74) is 6.40. The maximum absolute atomic E-state index is 9.48. The molecule has 3 nitrogen and oxygen atoms in total. The number of nitrogens with two attached hydrogens (primary N) is 1. The van der Waals surface area contributed by atoms with E-state index in [1.165, 1.54) is 51.4 Å². The fourth-order valence-electron chi connectivity index (χ4n) is 4.16. The molecule has 0 bridgehead atoms. The fourth-order valence-corrected chi connectivity index (χ4v) is 4.16. The molecule has 3 N–H and O–H groups in total. The van der Waals surface area contributed by atoms with Gasteiger partial charge in [0, 0.05) is 0 Å². The van der Waals surface area contributed by atoms with E-state index in [0.717, 1.165) is 28.0 Å². The summed E-state index contributed by atoms with van der Waals surface area (Å²) < 4.78 is 6.29. The Hall–Kier alpha value is -1.58. The van der Waals surface area contributed by atoms with Crippen LogP contribution in [0.3, 0.4) is 0 Å². The van der Waals surface area contributed by atoms with Gasteiger partial charge in [-0.15, -0.1) is 0 Å². The van der Waals surface area contributed by atoms with Crippen LogP contribution < -0.4 is 10.5 Å². The van der Waals surface area contributed by atoms with Crippen LogP contribution in [0.4, 0.5) is 0 Å². The lowest BCUT2D eigenvalue weighted by Crippen LogP contribution is -2.36. The molecule has 0 spiro atoms. The van der Waals surface area contributed by atoms with E-state index in [2.05, 4.69) is 37.3 Å². The molecule has 1 aliphatic rings. The molecule has 0 unspecified atom stereocenters. The highest BCUT2D eigenvalue weighted by Gasteiger charge is 2.23. The first-order chi connectivity index (χ1) is 13.0. The molecule has 1 saturated carbocycles. The van der Waals surface area contributed by atoms with E-state index in [4.69, 9.17) is 10.5 Å². The van der Waals surface area contributed by atoms with Crippen LogP contribution in [-0.4, -0.2) is 17.8 Å². The summed E-state index contributed by atoms with van der Waals surface area (Å²) >= 11 is 0. The minimum atomic E-state index is -0.709. The van der Waals surface area contributed by atoms with Crippen molar-refractivity contribution in [2.24, 2.45) is 11.7 Å². The Bertz CT molecular complexity index is 732. The third kappa shape index (κ3) is 5.24. The molecule has 3 rings (SSSR count). The molecule has 1 aliphatic carbocycles. The largest absolute Gasteiger partial charge is 0.490 e. The topological polar surface area (TPSA) is 55.5 Å². The maximum Gasteiger partial charge on any atom is 0.120 e. The number of hydrogen-bond donors (Lipinski definition) is 2. The monoisotopic (exact) mass is 369 g/mol.